The van der Waals surface area contributed by atoms with Crippen LogP contribution in [0.5, 0.6) is 11.5 Å². The normalized spacial score (nSPS) is 14.2. The first-order valence-corrected chi connectivity index (χ1v) is 12.8. The van der Waals surface area contributed by atoms with Crippen molar-refractivity contribution < 1.29 is 23.5 Å². The lowest BCUT2D eigenvalue weighted by Crippen LogP contribution is -2.52. The Morgan fingerprint density at radius 3 is 2.58 bits per heavy atom. The zero-order chi connectivity index (χ0) is 27.1. The van der Waals surface area contributed by atoms with Crippen LogP contribution in [0, 0.1) is 5.82 Å². The van der Waals surface area contributed by atoms with Gasteiger partial charge in [-0.15, -0.1) is 10.2 Å². The maximum absolute atomic E-state index is 14.2. The largest absolute Gasteiger partial charge is 0.493 e. The first kappa shape index (κ1) is 27.0. The molecule has 38 heavy (non-hydrogen) atoms. The molecule has 1 aromatic heterocycles. The van der Waals surface area contributed by atoms with Crippen LogP contribution in [-0.2, 0) is 16.1 Å². The van der Waals surface area contributed by atoms with E-state index in [9.17, 15) is 14.0 Å². The number of carbonyl (C=O) groups excluding carboxylic acids is 2. The van der Waals surface area contributed by atoms with Gasteiger partial charge in [0.2, 0.25) is 11.7 Å². The van der Waals surface area contributed by atoms with Gasteiger partial charge >= 0.3 is 0 Å². The second-order valence-corrected chi connectivity index (χ2v) is 9.25. The molecular formula is C27H33FN6O4. The fourth-order valence-electron chi connectivity index (χ4n) is 4.74. The van der Waals surface area contributed by atoms with Gasteiger partial charge in [-0.2, -0.15) is 4.80 Å². The summed E-state index contributed by atoms with van der Waals surface area (Å²) in [5.74, 6) is 0.162. The molecule has 0 radical (unpaired) electrons. The number of nitrogens with one attached hydrogen (secondary N) is 1. The molecule has 3 aromatic rings. The number of amides is 2. The lowest BCUT2D eigenvalue weighted by Gasteiger charge is -2.31. The van der Waals surface area contributed by atoms with Crippen LogP contribution < -0.4 is 19.7 Å². The van der Waals surface area contributed by atoms with E-state index in [-0.39, 0.29) is 18.5 Å². The van der Waals surface area contributed by atoms with Gasteiger partial charge in [-0.1, -0.05) is 32.3 Å². The molecule has 2 aromatic carbocycles. The summed E-state index contributed by atoms with van der Waals surface area (Å²) < 4.78 is 24.8. The standard InChI is InChI=1S/C27H33FN6O4/c1-4-8-22(27(36)29-20-10-5-6-11-20)34(21-12-7-9-19(28)16-21)25(35)17-33-31-26(30-32-33)18-13-14-23(37-2)24(15-18)38-3/h7,9,12-16,20,22H,4-6,8,10-11,17H2,1-3H3,(H,29,36). The number of anilines is 1. The Balaban J connectivity index is 1.60. The number of carbonyl (C=O) groups is 2. The summed E-state index contributed by atoms with van der Waals surface area (Å²) in [7, 11) is 3.07. The van der Waals surface area contributed by atoms with E-state index >= 15 is 0 Å². The number of hydrogen-bond donors (Lipinski definition) is 1. The maximum Gasteiger partial charge on any atom is 0.251 e. The molecule has 1 fully saturated rings. The summed E-state index contributed by atoms with van der Waals surface area (Å²) in [6.45, 7) is 1.66. The van der Waals surface area contributed by atoms with Gasteiger partial charge in [-0.25, -0.2) is 4.39 Å². The van der Waals surface area contributed by atoms with Crippen molar-refractivity contribution in [2.45, 2.75) is 64.1 Å². The smallest absolute Gasteiger partial charge is 0.251 e. The number of hydrogen-bond acceptors (Lipinski definition) is 7. The Morgan fingerprint density at radius 2 is 1.89 bits per heavy atom. The minimum atomic E-state index is -0.802. The van der Waals surface area contributed by atoms with Gasteiger partial charge in [0.15, 0.2) is 11.5 Å². The molecule has 0 aliphatic heterocycles. The van der Waals surface area contributed by atoms with Gasteiger partial charge in [0.25, 0.3) is 5.91 Å². The molecule has 1 N–H and O–H groups in total. The SMILES string of the molecule is CCCC(C(=O)NC1CCCC1)N(C(=O)Cn1nnc(-c2ccc(OC)c(OC)c2)n1)c1cccc(F)c1. The van der Waals surface area contributed by atoms with Crippen LogP contribution in [0.1, 0.15) is 45.4 Å². The quantitative estimate of drug-likeness (QED) is 0.407. The van der Waals surface area contributed by atoms with Gasteiger partial charge in [-0.3, -0.25) is 14.5 Å². The highest BCUT2D eigenvalue weighted by atomic mass is 19.1. The topological polar surface area (TPSA) is 111 Å². The zero-order valence-corrected chi connectivity index (χ0v) is 21.9. The number of nitrogens with zero attached hydrogens (tertiary/aromatic N) is 5. The van der Waals surface area contributed by atoms with E-state index in [0.29, 0.717) is 41.4 Å². The molecule has 1 saturated carbocycles. The Labute approximate surface area is 221 Å². The third kappa shape index (κ3) is 6.27. The molecule has 2 amide bonds. The highest BCUT2D eigenvalue weighted by Gasteiger charge is 2.33. The number of methoxy groups -OCH3 is 2. The molecule has 1 heterocycles. The van der Waals surface area contributed by atoms with E-state index in [1.54, 1.807) is 31.4 Å². The predicted molar refractivity (Wildman–Crippen MR) is 139 cm³/mol. The van der Waals surface area contributed by atoms with Crippen molar-refractivity contribution in [1.29, 1.82) is 0 Å². The Bertz CT molecular complexity index is 1260. The van der Waals surface area contributed by atoms with Gasteiger partial charge in [-0.05, 0) is 60.9 Å². The van der Waals surface area contributed by atoms with E-state index in [2.05, 4.69) is 20.7 Å². The zero-order valence-electron chi connectivity index (χ0n) is 21.9. The van der Waals surface area contributed by atoms with E-state index in [1.807, 2.05) is 6.92 Å². The fourth-order valence-corrected chi connectivity index (χ4v) is 4.74. The molecule has 0 bridgehead atoms. The molecule has 4 rings (SSSR count). The van der Waals surface area contributed by atoms with Gasteiger partial charge in [0.1, 0.15) is 18.4 Å². The van der Waals surface area contributed by atoms with Crippen LogP contribution in [0.3, 0.4) is 0 Å². The van der Waals surface area contributed by atoms with Crippen molar-refractivity contribution in [1.82, 2.24) is 25.5 Å². The molecule has 10 nitrogen and oxygen atoms in total. The Hall–Kier alpha value is -4.02. The lowest BCUT2D eigenvalue weighted by molar-refractivity contribution is -0.127. The second kappa shape index (κ2) is 12.5. The van der Waals surface area contributed by atoms with Crippen molar-refractivity contribution in [3.8, 4) is 22.9 Å². The average molecular weight is 525 g/mol. The summed E-state index contributed by atoms with van der Waals surface area (Å²) in [6.07, 6.45) is 5.04. The highest BCUT2D eigenvalue weighted by Crippen LogP contribution is 2.31. The molecule has 1 aliphatic carbocycles. The minimum absolute atomic E-state index is 0.0901. The van der Waals surface area contributed by atoms with Crippen molar-refractivity contribution in [2.24, 2.45) is 0 Å². The highest BCUT2D eigenvalue weighted by molar-refractivity contribution is 6.00. The first-order valence-electron chi connectivity index (χ1n) is 12.8. The summed E-state index contributed by atoms with van der Waals surface area (Å²) in [6, 6.07) is 10.2. The lowest BCUT2D eigenvalue weighted by atomic mass is 10.1. The van der Waals surface area contributed by atoms with Crippen molar-refractivity contribution in [3.05, 3.63) is 48.3 Å². The number of tetrazole rings is 1. The van der Waals surface area contributed by atoms with Crippen molar-refractivity contribution in [2.75, 3.05) is 19.1 Å². The van der Waals surface area contributed by atoms with Crippen LogP contribution in [-0.4, -0.2) is 58.3 Å². The maximum atomic E-state index is 14.2. The van der Waals surface area contributed by atoms with Crippen LogP contribution in [0.2, 0.25) is 0 Å². The van der Waals surface area contributed by atoms with Gasteiger partial charge in [0.05, 0.1) is 14.2 Å². The van der Waals surface area contributed by atoms with Crippen LogP contribution >= 0.6 is 0 Å². The summed E-state index contributed by atoms with van der Waals surface area (Å²) >= 11 is 0. The third-order valence-electron chi connectivity index (χ3n) is 6.60. The molecule has 1 atom stereocenters. The third-order valence-corrected chi connectivity index (χ3v) is 6.60. The van der Waals surface area contributed by atoms with Gasteiger partial charge < -0.3 is 14.8 Å². The molecule has 1 unspecified atom stereocenters. The number of aromatic nitrogens is 4. The minimum Gasteiger partial charge on any atom is -0.493 e. The molecule has 1 aliphatic rings. The fraction of sp³-hybridized carbons (Fsp3) is 0.444. The van der Waals surface area contributed by atoms with Crippen molar-refractivity contribution in [3.63, 3.8) is 0 Å². The van der Waals surface area contributed by atoms with E-state index in [0.717, 1.165) is 25.7 Å². The number of rotatable bonds is 11. The van der Waals surface area contributed by atoms with Crippen molar-refractivity contribution >= 4 is 17.5 Å². The van der Waals surface area contributed by atoms with E-state index in [1.165, 1.54) is 35.0 Å². The number of ether oxygens (including phenoxy) is 2. The average Bonchev–Trinajstić information content (AvgIpc) is 3.60. The van der Waals surface area contributed by atoms with E-state index in [4.69, 9.17) is 9.47 Å². The molecule has 202 valence electrons. The van der Waals surface area contributed by atoms with Crippen LogP contribution in [0.4, 0.5) is 10.1 Å². The van der Waals surface area contributed by atoms with Crippen LogP contribution in [0.25, 0.3) is 11.4 Å². The monoisotopic (exact) mass is 524 g/mol. The molecule has 0 spiro atoms. The number of benzene rings is 2. The predicted octanol–water partition coefficient (Wildman–Crippen LogP) is 3.76. The second-order valence-electron chi connectivity index (χ2n) is 9.25. The summed E-state index contributed by atoms with van der Waals surface area (Å²) in [5.41, 5.74) is 0.929. The Kier molecular flexibility index (Phi) is 8.88. The number of halogens is 1. The molecule has 0 saturated heterocycles. The van der Waals surface area contributed by atoms with E-state index < -0.39 is 17.8 Å². The van der Waals surface area contributed by atoms with Gasteiger partial charge in [0, 0.05) is 17.3 Å². The van der Waals surface area contributed by atoms with Crippen LogP contribution in [0.15, 0.2) is 42.5 Å². The summed E-state index contributed by atoms with van der Waals surface area (Å²) in [5, 5.41) is 15.6. The first-order chi connectivity index (χ1) is 18.4. The summed E-state index contributed by atoms with van der Waals surface area (Å²) in [4.78, 5) is 29.6. The molecule has 11 heteroatoms. The molecular weight excluding hydrogens is 491 g/mol. The Morgan fingerprint density at radius 1 is 1.13 bits per heavy atom.